The molecule has 0 atom stereocenters. The number of rotatable bonds is 3. The molecule has 0 aromatic rings. The van der Waals surface area contributed by atoms with Crippen LogP contribution in [0.1, 0.15) is 40.0 Å². The van der Waals surface area contributed by atoms with Gasteiger partial charge in [0.1, 0.15) is 0 Å². The summed E-state index contributed by atoms with van der Waals surface area (Å²) in [6, 6.07) is 0. The molecular formula is C11H24N2. The van der Waals surface area contributed by atoms with Crippen LogP contribution in [0.25, 0.3) is 0 Å². The molecule has 0 bridgehead atoms. The number of hydrogen-bond acceptors (Lipinski definition) is 2. The topological polar surface area (TPSA) is 15.3 Å². The second kappa shape index (κ2) is 4.97. The third-order valence-electron chi connectivity index (χ3n) is 3.11. The molecule has 13 heavy (non-hydrogen) atoms. The molecule has 1 heterocycles. The van der Waals surface area contributed by atoms with Crippen molar-refractivity contribution in [2.45, 2.75) is 45.6 Å². The maximum atomic E-state index is 3.47. The Labute approximate surface area is 82.7 Å². The zero-order valence-corrected chi connectivity index (χ0v) is 9.40. The minimum atomic E-state index is 0.401. The summed E-state index contributed by atoms with van der Waals surface area (Å²) in [5, 5.41) is 3.47. The van der Waals surface area contributed by atoms with E-state index in [2.05, 4.69) is 31.0 Å². The summed E-state index contributed by atoms with van der Waals surface area (Å²) in [5.74, 6) is 0. The van der Waals surface area contributed by atoms with Crippen LogP contribution in [0.4, 0.5) is 0 Å². The van der Waals surface area contributed by atoms with Gasteiger partial charge >= 0.3 is 0 Å². The lowest BCUT2D eigenvalue weighted by Gasteiger charge is -2.36. The Kier molecular flexibility index (Phi) is 4.20. The molecule has 2 heteroatoms. The van der Waals surface area contributed by atoms with E-state index in [-0.39, 0.29) is 0 Å². The van der Waals surface area contributed by atoms with Gasteiger partial charge in [0.25, 0.3) is 0 Å². The highest BCUT2D eigenvalue weighted by Gasteiger charge is 2.26. The maximum absolute atomic E-state index is 3.47. The van der Waals surface area contributed by atoms with Crippen molar-refractivity contribution in [3.8, 4) is 0 Å². The van der Waals surface area contributed by atoms with Crippen LogP contribution in [0.3, 0.4) is 0 Å². The van der Waals surface area contributed by atoms with Crippen molar-refractivity contribution in [1.29, 1.82) is 0 Å². The van der Waals surface area contributed by atoms with Gasteiger partial charge in [-0.25, -0.2) is 0 Å². The lowest BCUT2D eigenvalue weighted by molar-refractivity contribution is 0.126. The standard InChI is InChI=1S/C11H24N2/c1-4-5-9-13-10-8-12-7-6-11(13,2)3/h12H,4-10H2,1-3H3. The van der Waals surface area contributed by atoms with Gasteiger partial charge < -0.3 is 5.32 Å². The quantitative estimate of drug-likeness (QED) is 0.720. The normalized spacial score (nSPS) is 24.2. The van der Waals surface area contributed by atoms with E-state index >= 15 is 0 Å². The van der Waals surface area contributed by atoms with E-state index in [0.29, 0.717) is 5.54 Å². The van der Waals surface area contributed by atoms with Crippen LogP contribution in [0, 0.1) is 0 Å². The van der Waals surface area contributed by atoms with Crippen LogP contribution >= 0.6 is 0 Å². The summed E-state index contributed by atoms with van der Waals surface area (Å²) in [4.78, 5) is 2.64. The highest BCUT2D eigenvalue weighted by atomic mass is 15.2. The highest BCUT2D eigenvalue weighted by molar-refractivity contribution is 4.85. The third-order valence-corrected chi connectivity index (χ3v) is 3.11. The van der Waals surface area contributed by atoms with Crippen molar-refractivity contribution in [2.24, 2.45) is 0 Å². The highest BCUT2D eigenvalue weighted by Crippen LogP contribution is 2.20. The van der Waals surface area contributed by atoms with E-state index in [1.54, 1.807) is 0 Å². The fourth-order valence-corrected chi connectivity index (χ4v) is 1.96. The summed E-state index contributed by atoms with van der Waals surface area (Å²) >= 11 is 0. The summed E-state index contributed by atoms with van der Waals surface area (Å²) in [5.41, 5.74) is 0.401. The second-order valence-corrected chi connectivity index (χ2v) is 4.65. The molecule has 0 unspecified atom stereocenters. The van der Waals surface area contributed by atoms with Gasteiger partial charge in [-0.15, -0.1) is 0 Å². The van der Waals surface area contributed by atoms with Gasteiger partial charge in [0.05, 0.1) is 0 Å². The van der Waals surface area contributed by atoms with Crippen LogP contribution < -0.4 is 5.32 Å². The van der Waals surface area contributed by atoms with Crippen LogP contribution in [-0.2, 0) is 0 Å². The molecule has 0 aromatic heterocycles. The monoisotopic (exact) mass is 184 g/mol. The van der Waals surface area contributed by atoms with Crippen LogP contribution in [-0.4, -0.2) is 36.6 Å². The number of hydrogen-bond donors (Lipinski definition) is 1. The average Bonchev–Trinajstić information content (AvgIpc) is 2.23. The van der Waals surface area contributed by atoms with E-state index in [1.807, 2.05) is 0 Å². The van der Waals surface area contributed by atoms with Gasteiger partial charge in [-0.3, -0.25) is 4.90 Å². The van der Waals surface area contributed by atoms with Crippen molar-refractivity contribution < 1.29 is 0 Å². The summed E-state index contributed by atoms with van der Waals surface area (Å²) in [7, 11) is 0. The zero-order chi connectivity index (χ0) is 9.73. The lowest BCUT2D eigenvalue weighted by atomic mass is 9.98. The van der Waals surface area contributed by atoms with E-state index in [1.165, 1.54) is 38.9 Å². The lowest BCUT2D eigenvalue weighted by Crippen LogP contribution is -2.44. The zero-order valence-electron chi connectivity index (χ0n) is 9.40. The van der Waals surface area contributed by atoms with Crippen molar-refractivity contribution in [3.05, 3.63) is 0 Å². The van der Waals surface area contributed by atoms with E-state index in [0.717, 1.165) is 6.54 Å². The molecule has 1 aliphatic rings. The number of unbranched alkanes of at least 4 members (excludes halogenated alkanes) is 1. The Morgan fingerprint density at radius 3 is 2.77 bits per heavy atom. The van der Waals surface area contributed by atoms with Crippen molar-refractivity contribution in [3.63, 3.8) is 0 Å². The summed E-state index contributed by atoms with van der Waals surface area (Å²) in [6.45, 7) is 11.8. The van der Waals surface area contributed by atoms with E-state index < -0.39 is 0 Å². The molecule has 1 N–H and O–H groups in total. The molecule has 0 spiro atoms. The first-order valence-electron chi connectivity index (χ1n) is 5.62. The van der Waals surface area contributed by atoms with Crippen LogP contribution in [0.2, 0.25) is 0 Å². The SMILES string of the molecule is CCCCN1CCNCCC1(C)C. The Bertz CT molecular complexity index is 143. The molecule has 0 aromatic carbocycles. The Morgan fingerprint density at radius 2 is 2.08 bits per heavy atom. The first kappa shape index (κ1) is 11.0. The van der Waals surface area contributed by atoms with Crippen LogP contribution in [0.5, 0.6) is 0 Å². The average molecular weight is 184 g/mol. The molecule has 2 nitrogen and oxygen atoms in total. The van der Waals surface area contributed by atoms with Gasteiger partial charge in [0, 0.05) is 18.6 Å². The third kappa shape index (κ3) is 3.28. The molecule has 1 aliphatic heterocycles. The largest absolute Gasteiger partial charge is 0.315 e. The predicted octanol–water partition coefficient (Wildman–Crippen LogP) is 1.86. The fraction of sp³-hybridized carbons (Fsp3) is 1.00. The molecule has 0 radical (unpaired) electrons. The minimum Gasteiger partial charge on any atom is -0.315 e. The molecule has 0 saturated carbocycles. The van der Waals surface area contributed by atoms with E-state index in [9.17, 15) is 0 Å². The molecule has 1 saturated heterocycles. The molecular weight excluding hydrogens is 160 g/mol. The smallest absolute Gasteiger partial charge is 0.0165 e. The van der Waals surface area contributed by atoms with Crippen molar-refractivity contribution in [2.75, 3.05) is 26.2 Å². The Morgan fingerprint density at radius 1 is 1.31 bits per heavy atom. The maximum Gasteiger partial charge on any atom is 0.0165 e. The second-order valence-electron chi connectivity index (χ2n) is 4.65. The molecule has 1 fully saturated rings. The molecule has 1 rings (SSSR count). The van der Waals surface area contributed by atoms with Gasteiger partial charge in [0.2, 0.25) is 0 Å². The van der Waals surface area contributed by atoms with Crippen LogP contribution in [0.15, 0.2) is 0 Å². The molecule has 0 amide bonds. The number of nitrogens with one attached hydrogen (secondary N) is 1. The van der Waals surface area contributed by atoms with Gasteiger partial charge in [-0.05, 0) is 39.8 Å². The Hall–Kier alpha value is -0.0800. The van der Waals surface area contributed by atoms with Gasteiger partial charge in [0.15, 0.2) is 0 Å². The van der Waals surface area contributed by atoms with Crippen molar-refractivity contribution in [1.82, 2.24) is 10.2 Å². The first-order chi connectivity index (χ1) is 6.17. The fourth-order valence-electron chi connectivity index (χ4n) is 1.96. The summed E-state index contributed by atoms with van der Waals surface area (Å²) in [6.07, 6.45) is 3.92. The molecule has 78 valence electrons. The minimum absolute atomic E-state index is 0.401. The Balaban J connectivity index is 2.45. The predicted molar refractivity (Wildman–Crippen MR) is 58.0 cm³/mol. The first-order valence-corrected chi connectivity index (χ1v) is 5.62. The molecule has 0 aliphatic carbocycles. The van der Waals surface area contributed by atoms with Gasteiger partial charge in [-0.2, -0.15) is 0 Å². The van der Waals surface area contributed by atoms with Gasteiger partial charge in [-0.1, -0.05) is 13.3 Å². The van der Waals surface area contributed by atoms with E-state index in [4.69, 9.17) is 0 Å². The summed E-state index contributed by atoms with van der Waals surface area (Å²) < 4.78 is 0. The number of nitrogens with zero attached hydrogens (tertiary/aromatic N) is 1. The van der Waals surface area contributed by atoms with Crippen molar-refractivity contribution >= 4 is 0 Å².